The molecular formula is C11H14ClN3O. The predicted molar refractivity (Wildman–Crippen MR) is 64.7 cm³/mol. The molecule has 0 fully saturated rings. The van der Waals surface area contributed by atoms with E-state index in [2.05, 4.69) is 16.8 Å². The van der Waals surface area contributed by atoms with Crippen LogP contribution in [0.3, 0.4) is 0 Å². The predicted octanol–water partition coefficient (Wildman–Crippen LogP) is 1.50. The van der Waals surface area contributed by atoms with E-state index in [1.54, 1.807) is 0 Å². The molecule has 4 nitrogen and oxygen atoms in total. The van der Waals surface area contributed by atoms with Crippen LogP contribution in [0.15, 0.2) is 24.3 Å². The highest BCUT2D eigenvalue weighted by Gasteiger charge is 2.19. The number of alkyl halides is 1. The Morgan fingerprint density at radius 3 is 3.06 bits per heavy atom. The number of hydrogen-bond donors (Lipinski definition) is 2. The number of amides is 2. The van der Waals surface area contributed by atoms with Crippen LogP contribution < -0.4 is 15.8 Å². The third-order valence-electron chi connectivity index (χ3n) is 2.50. The van der Waals surface area contributed by atoms with Gasteiger partial charge in [-0.3, -0.25) is 5.01 Å². The van der Waals surface area contributed by atoms with E-state index in [9.17, 15) is 4.79 Å². The Hall–Kier alpha value is -1.42. The summed E-state index contributed by atoms with van der Waals surface area (Å²) in [6, 6.07) is 7.85. The number of carbonyl (C=O) groups is 1. The van der Waals surface area contributed by atoms with Crippen molar-refractivity contribution >= 4 is 23.3 Å². The second kappa shape index (κ2) is 5.07. The number of anilines is 1. The molecule has 16 heavy (non-hydrogen) atoms. The summed E-state index contributed by atoms with van der Waals surface area (Å²) in [6.45, 7) is 1.29. The number of halogens is 1. The SMILES string of the molecule is O=C(NCCCl)NN1CCc2ccccc21. The van der Waals surface area contributed by atoms with Gasteiger partial charge in [-0.25, -0.2) is 10.2 Å². The lowest BCUT2D eigenvalue weighted by Crippen LogP contribution is -2.47. The number of hydrazine groups is 1. The van der Waals surface area contributed by atoms with Crippen molar-refractivity contribution in [3.8, 4) is 0 Å². The van der Waals surface area contributed by atoms with Gasteiger partial charge in [-0.05, 0) is 18.1 Å². The monoisotopic (exact) mass is 239 g/mol. The van der Waals surface area contributed by atoms with E-state index < -0.39 is 0 Å². The Labute approximate surface area is 99.5 Å². The summed E-state index contributed by atoms with van der Waals surface area (Å²) in [5.41, 5.74) is 5.13. The minimum Gasteiger partial charge on any atom is -0.336 e. The molecule has 1 aromatic rings. The largest absolute Gasteiger partial charge is 0.336 e. The van der Waals surface area contributed by atoms with Gasteiger partial charge < -0.3 is 5.32 Å². The standard InChI is InChI=1S/C11H14ClN3O/c12-6-7-13-11(16)14-15-8-5-9-3-1-2-4-10(9)15/h1-4H,5-8H2,(H2,13,14,16). The number of urea groups is 1. The molecule has 0 spiro atoms. The average molecular weight is 240 g/mol. The minimum atomic E-state index is -0.211. The van der Waals surface area contributed by atoms with Crippen molar-refractivity contribution in [2.75, 3.05) is 24.0 Å². The fourth-order valence-corrected chi connectivity index (χ4v) is 1.87. The molecule has 1 aliphatic heterocycles. The van der Waals surface area contributed by atoms with E-state index in [0.29, 0.717) is 12.4 Å². The maximum absolute atomic E-state index is 11.4. The molecular weight excluding hydrogens is 226 g/mol. The quantitative estimate of drug-likeness (QED) is 0.786. The third-order valence-corrected chi connectivity index (χ3v) is 2.69. The van der Waals surface area contributed by atoms with Crippen LogP contribution in [-0.4, -0.2) is 25.0 Å². The maximum atomic E-state index is 11.4. The normalized spacial score (nSPS) is 13.4. The number of carbonyl (C=O) groups excluding carboxylic acids is 1. The van der Waals surface area contributed by atoms with Crippen molar-refractivity contribution in [2.45, 2.75) is 6.42 Å². The number of nitrogens with one attached hydrogen (secondary N) is 2. The second-order valence-electron chi connectivity index (χ2n) is 3.59. The van der Waals surface area contributed by atoms with Gasteiger partial charge >= 0.3 is 6.03 Å². The number of hydrogen-bond acceptors (Lipinski definition) is 2. The fourth-order valence-electron chi connectivity index (χ4n) is 1.78. The molecule has 1 aromatic carbocycles. The Kier molecular flexibility index (Phi) is 3.51. The van der Waals surface area contributed by atoms with Crippen LogP contribution in [-0.2, 0) is 6.42 Å². The molecule has 0 aliphatic carbocycles. The maximum Gasteiger partial charge on any atom is 0.333 e. The van der Waals surface area contributed by atoms with E-state index in [4.69, 9.17) is 11.6 Å². The number of para-hydroxylation sites is 1. The van der Waals surface area contributed by atoms with Gasteiger partial charge in [0.25, 0.3) is 0 Å². The molecule has 0 radical (unpaired) electrons. The molecule has 1 heterocycles. The first-order valence-corrected chi connectivity index (χ1v) is 5.80. The Balaban J connectivity index is 1.95. The Morgan fingerprint density at radius 2 is 2.25 bits per heavy atom. The van der Waals surface area contributed by atoms with Gasteiger partial charge in [0.2, 0.25) is 0 Å². The highest BCUT2D eigenvalue weighted by molar-refractivity contribution is 6.18. The molecule has 0 unspecified atom stereocenters. The zero-order valence-corrected chi connectivity index (χ0v) is 9.63. The summed E-state index contributed by atoms with van der Waals surface area (Å²) in [5, 5.41) is 4.53. The molecule has 2 amide bonds. The van der Waals surface area contributed by atoms with Crippen LogP contribution in [0.4, 0.5) is 10.5 Å². The number of nitrogens with zero attached hydrogens (tertiary/aromatic N) is 1. The number of fused-ring (bicyclic) bond motifs is 1. The van der Waals surface area contributed by atoms with Gasteiger partial charge in [-0.15, -0.1) is 11.6 Å². The zero-order chi connectivity index (χ0) is 11.4. The summed E-state index contributed by atoms with van der Waals surface area (Å²) < 4.78 is 0. The van der Waals surface area contributed by atoms with Crippen molar-refractivity contribution in [3.05, 3.63) is 29.8 Å². The average Bonchev–Trinajstić information content (AvgIpc) is 2.70. The van der Waals surface area contributed by atoms with E-state index in [0.717, 1.165) is 18.7 Å². The topological polar surface area (TPSA) is 44.4 Å². The van der Waals surface area contributed by atoms with Crippen LogP contribution in [0.1, 0.15) is 5.56 Å². The second-order valence-corrected chi connectivity index (χ2v) is 3.97. The van der Waals surface area contributed by atoms with E-state index >= 15 is 0 Å². The summed E-state index contributed by atoms with van der Waals surface area (Å²) >= 11 is 5.49. The fraction of sp³-hybridized carbons (Fsp3) is 0.364. The first-order valence-electron chi connectivity index (χ1n) is 5.27. The van der Waals surface area contributed by atoms with Crippen molar-refractivity contribution in [3.63, 3.8) is 0 Å². The van der Waals surface area contributed by atoms with Crippen molar-refractivity contribution in [1.82, 2.24) is 10.7 Å². The summed E-state index contributed by atoms with van der Waals surface area (Å²) in [4.78, 5) is 11.4. The van der Waals surface area contributed by atoms with Crippen LogP contribution in [0.5, 0.6) is 0 Å². The van der Waals surface area contributed by atoms with Crippen molar-refractivity contribution in [2.24, 2.45) is 0 Å². The van der Waals surface area contributed by atoms with Gasteiger partial charge in [-0.2, -0.15) is 0 Å². The van der Waals surface area contributed by atoms with E-state index in [-0.39, 0.29) is 6.03 Å². The van der Waals surface area contributed by atoms with Crippen LogP contribution in [0, 0.1) is 0 Å². The molecule has 0 aromatic heterocycles. The molecule has 86 valence electrons. The smallest absolute Gasteiger partial charge is 0.333 e. The van der Waals surface area contributed by atoms with Crippen LogP contribution in [0.2, 0.25) is 0 Å². The van der Waals surface area contributed by atoms with Gasteiger partial charge in [0, 0.05) is 19.0 Å². The first-order chi connectivity index (χ1) is 7.81. The van der Waals surface area contributed by atoms with Gasteiger partial charge in [0.1, 0.15) is 0 Å². The Bertz CT molecular complexity index is 383. The third kappa shape index (κ3) is 2.39. The molecule has 1 aliphatic rings. The van der Waals surface area contributed by atoms with E-state index in [1.165, 1.54) is 5.56 Å². The van der Waals surface area contributed by atoms with Gasteiger partial charge in [-0.1, -0.05) is 18.2 Å². The molecule has 2 N–H and O–H groups in total. The lowest BCUT2D eigenvalue weighted by Gasteiger charge is -2.20. The molecule has 0 saturated heterocycles. The molecule has 0 atom stereocenters. The zero-order valence-electron chi connectivity index (χ0n) is 8.87. The molecule has 0 bridgehead atoms. The van der Waals surface area contributed by atoms with Crippen molar-refractivity contribution < 1.29 is 4.79 Å². The van der Waals surface area contributed by atoms with Crippen LogP contribution in [0.25, 0.3) is 0 Å². The summed E-state index contributed by atoms with van der Waals surface area (Å²) in [5.74, 6) is 0.421. The molecule has 2 rings (SSSR count). The lowest BCUT2D eigenvalue weighted by molar-refractivity contribution is 0.240. The summed E-state index contributed by atoms with van der Waals surface area (Å²) in [7, 11) is 0. The van der Waals surface area contributed by atoms with E-state index in [1.807, 2.05) is 23.2 Å². The molecule has 0 saturated carbocycles. The highest BCUT2D eigenvalue weighted by Crippen LogP contribution is 2.25. The number of rotatable bonds is 3. The van der Waals surface area contributed by atoms with Gasteiger partial charge in [0.15, 0.2) is 0 Å². The highest BCUT2D eigenvalue weighted by atomic mass is 35.5. The first kappa shape index (κ1) is 11.1. The Morgan fingerprint density at radius 1 is 1.44 bits per heavy atom. The van der Waals surface area contributed by atoms with Crippen LogP contribution >= 0.6 is 11.6 Å². The lowest BCUT2D eigenvalue weighted by atomic mass is 10.2. The number of benzene rings is 1. The summed E-state index contributed by atoms with van der Waals surface area (Å²) in [6.07, 6.45) is 0.964. The van der Waals surface area contributed by atoms with Crippen molar-refractivity contribution in [1.29, 1.82) is 0 Å². The minimum absolute atomic E-state index is 0.211. The van der Waals surface area contributed by atoms with Gasteiger partial charge in [0.05, 0.1) is 5.69 Å². The molecule has 5 heteroatoms.